The number of amides is 2. The maximum Gasteiger partial charge on any atom is 0.227 e. The molecule has 3 aliphatic rings. The van der Waals surface area contributed by atoms with Crippen LogP contribution in [-0.4, -0.2) is 55.1 Å². The van der Waals surface area contributed by atoms with Crippen LogP contribution in [0.2, 0.25) is 0 Å². The zero-order chi connectivity index (χ0) is 25.9. The number of benzene rings is 2. The standard InChI is InChI=1S/C27H30F2N2O6/c28-17-1-3-22(29)16(9-17)13-30-25(33)12-19-11-21-20-10-18(31-27(34)15-5-7-35-8-6-15)2-4-23(20)37-26(21)24(14-32)36-19/h1-4,9-10,15,19,21,24,26,32H,5-8,11-14H2,(H,30,33)(H,31,34)/t19-,21+,24+,26-/m0/s1. The molecule has 3 heterocycles. The van der Waals surface area contributed by atoms with Crippen LogP contribution in [0.1, 0.15) is 42.7 Å². The second-order valence-corrected chi connectivity index (χ2v) is 9.75. The summed E-state index contributed by atoms with van der Waals surface area (Å²) in [4.78, 5) is 25.3. The van der Waals surface area contributed by atoms with Crippen LogP contribution >= 0.6 is 0 Å². The van der Waals surface area contributed by atoms with E-state index in [0.717, 1.165) is 23.8 Å². The van der Waals surface area contributed by atoms with Crippen molar-refractivity contribution in [3.05, 3.63) is 59.2 Å². The molecule has 0 aliphatic carbocycles. The van der Waals surface area contributed by atoms with Gasteiger partial charge in [0.15, 0.2) is 0 Å². The molecule has 0 saturated carbocycles. The SMILES string of the molecule is O=C(C[C@@H]1C[C@@H]2c3cc(NC(=O)C4CCOCC4)ccc3O[C@@H]2[C@@H](CO)O1)NCc1cc(F)ccc1F. The van der Waals surface area contributed by atoms with Gasteiger partial charge in [-0.1, -0.05) is 0 Å². The molecule has 198 valence electrons. The Morgan fingerprint density at radius 1 is 1.08 bits per heavy atom. The van der Waals surface area contributed by atoms with Crippen molar-refractivity contribution in [2.75, 3.05) is 25.1 Å². The first-order chi connectivity index (χ1) is 17.9. The molecule has 2 fully saturated rings. The van der Waals surface area contributed by atoms with E-state index in [1.165, 1.54) is 0 Å². The van der Waals surface area contributed by atoms with Crippen LogP contribution in [0.4, 0.5) is 14.5 Å². The Labute approximate surface area is 213 Å². The first kappa shape index (κ1) is 25.6. The average Bonchev–Trinajstić information content (AvgIpc) is 3.27. The number of hydrogen-bond acceptors (Lipinski definition) is 6. The number of ether oxygens (including phenoxy) is 3. The summed E-state index contributed by atoms with van der Waals surface area (Å²) < 4.78 is 44.7. The molecule has 2 aromatic rings. The summed E-state index contributed by atoms with van der Waals surface area (Å²) in [6.45, 7) is 0.727. The third-order valence-electron chi connectivity index (χ3n) is 7.26. The molecule has 3 aliphatic heterocycles. The van der Waals surface area contributed by atoms with E-state index in [1.54, 1.807) is 12.1 Å². The molecule has 3 N–H and O–H groups in total. The van der Waals surface area contributed by atoms with Crippen LogP contribution in [0.25, 0.3) is 0 Å². The molecule has 37 heavy (non-hydrogen) atoms. The highest BCUT2D eigenvalue weighted by atomic mass is 19.1. The molecule has 2 saturated heterocycles. The van der Waals surface area contributed by atoms with Crippen LogP contribution in [0.5, 0.6) is 5.75 Å². The molecule has 2 amide bonds. The van der Waals surface area contributed by atoms with Gasteiger partial charge in [0.05, 0.1) is 19.1 Å². The third-order valence-corrected chi connectivity index (χ3v) is 7.26. The van der Waals surface area contributed by atoms with Crippen molar-refractivity contribution in [2.45, 2.75) is 56.5 Å². The van der Waals surface area contributed by atoms with Gasteiger partial charge in [0.2, 0.25) is 11.8 Å². The highest BCUT2D eigenvalue weighted by Crippen LogP contribution is 2.47. The number of carbonyl (C=O) groups excluding carboxylic acids is 2. The van der Waals surface area contributed by atoms with Crippen LogP contribution in [0, 0.1) is 17.6 Å². The number of aliphatic hydroxyl groups excluding tert-OH is 1. The molecular formula is C27H30F2N2O6. The number of halogens is 2. The van der Waals surface area contributed by atoms with E-state index >= 15 is 0 Å². The average molecular weight is 517 g/mol. The fraction of sp³-hybridized carbons (Fsp3) is 0.481. The summed E-state index contributed by atoms with van der Waals surface area (Å²) in [5.74, 6) is -1.16. The molecule has 0 bridgehead atoms. The van der Waals surface area contributed by atoms with E-state index in [1.807, 2.05) is 6.07 Å². The van der Waals surface area contributed by atoms with E-state index in [0.29, 0.717) is 43.9 Å². The zero-order valence-electron chi connectivity index (χ0n) is 20.3. The lowest BCUT2D eigenvalue weighted by atomic mass is 9.84. The summed E-state index contributed by atoms with van der Waals surface area (Å²) >= 11 is 0. The van der Waals surface area contributed by atoms with Crippen molar-refractivity contribution < 1.29 is 37.7 Å². The molecule has 8 nitrogen and oxygen atoms in total. The summed E-state index contributed by atoms with van der Waals surface area (Å²) in [5.41, 5.74) is 1.61. The van der Waals surface area contributed by atoms with Crippen LogP contribution in [-0.2, 0) is 25.6 Å². The van der Waals surface area contributed by atoms with Gasteiger partial charge in [0.25, 0.3) is 0 Å². The quantitative estimate of drug-likeness (QED) is 0.523. The minimum Gasteiger partial charge on any atom is -0.487 e. The topological polar surface area (TPSA) is 106 Å². The lowest BCUT2D eigenvalue weighted by Gasteiger charge is -2.37. The Morgan fingerprint density at radius 3 is 2.68 bits per heavy atom. The summed E-state index contributed by atoms with van der Waals surface area (Å²) in [7, 11) is 0. The first-order valence-corrected chi connectivity index (χ1v) is 12.6. The number of rotatable bonds is 7. The van der Waals surface area contributed by atoms with Crippen molar-refractivity contribution in [3.63, 3.8) is 0 Å². The summed E-state index contributed by atoms with van der Waals surface area (Å²) in [5, 5.41) is 15.6. The molecule has 0 radical (unpaired) electrons. The number of fused-ring (bicyclic) bond motifs is 3. The van der Waals surface area contributed by atoms with Crippen molar-refractivity contribution in [1.82, 2.24) is 5.32 Å². The smallest absolute Gasteiger partial charge is 0.227 e. The van der Waals surface area contributed by atoms with Crippen LogP contribution < -0.4 is 15.4 Å². The highest BCUT2D eigenvalue weighted by Gasteiger charge is 2.46. The minimum atomic E-state index is -0.634. The number of hydrogen-bond donors (Lipinski definition) is 3. The predicted octanol–water partition coefficient (Wildman–Crippen LogP) is 3.03. The van der Waals surface area contributed by atoms with E-state index in [4.69, 9.17) is 14.2 Å². The van der Waals surface area contributed by atoms with Crippen LogP contribution in [0.3, 0.4) is 0 Å². The predicted molar refractivity (Wildman–Crippen MR) is 129 cm³/mol. The molecule has 0 aromatic heterocycles. The zero-order valence-corrected chi connectivity index (χ0v) is 20.3. The van der Waals surface area contributed by atoms with Gasteiger partial charge >= 0.3 is 0 Å². The molecule has 5 rings (SSSR count). The van der Waals surface area contributed by atoms with Crippen molar-refractivity contribution in [1.29, 1.82) is 0 Å². The second kappa shape index (κ2) is 11.1. The number of carbonyl (C=O) groups is 2. The maximum absolute atomic E-state index is 13.9. The fourth-order valence-electron chi connectivity index (χ4n) is 5.32. The lowest BCUT2D eigenvalue weighted by Crippen LogP contribution is -2.47. The number of aliphatic hydroxyl groups is 1. The van der Waals surface area contributed by atoms with Gasteiger partial charge < -0.3 is 30.0 Å². The summed E-state index contributed by atoms with van der Waals surface area (Å²) in [6, 6.07) is 8.57. The Bertz CT molecular complexity index is 1160. The molecule has 4 atom stereocenters. The Balaban J connectivity index is 1.24. The Kier molecular flexibility index (Phi) is 7.68. The molecule has 0 spiro atoms. The van der Waals surface area contributed by atoms with Crippen LogP contribution in [0.15, 0.2) is 36.4 Å². The van der Waals surface area contributed by atoms with Gasteiger partial charge in [0, 0.05) is 48.4 Å². The monoisotopic (exact) mass is 516 g/mol. The minimum absolute atomic E-state index is 0.00777. The Hall–Kier alpha value is -3.08. The van der Waals surface area contributed by atoms with Crippen molar-refractivity contribution in [2.24, 2.45) is 5.92 Å². The third kappa shape index (κ3) is 5.76. The largest absolute Gasteiger partial charge is 0.487 e. The number of anilines is 1. The van der Waals surface area contributed by atoms with Gasteiger partial charge in [0.1, 0.15) is 29.6 Å². The first-order valence-electron chi connectivity index (χ1n) is 12.6. The second-order valence-electron chi connectivity index (χ2n) is 9.75. The normalized spacial score (nSPS) is 25.1. The molecule has 2 aromatic carbocycles. The van der Waals surface area contributed by atoms with Crippen molar-refractivity contribution in [3.8, 4) is 5.75 Å². The lowest BCUT2D eigenvalue weighted by molar-refractivity contribution is -0.142. The van der Waals surface area contributed by atoms with Gasteiger partial charge in [-0.25, -0.2) is 8.78 Å². The molecular weight excluding hydrogens is 486 g/mol. The van der Waals surface area contributed by atoms with Gasteiger partial charge in [-0.05, 0) is 55.7 Å². The van der Waals surface area contributed by atoms with Crippen molar-refractivity contribution >= 4 is 17.5 Å². The van der Waals surface area contributed by atoms with E-state index < -0.39 is 29.9 Å². The van der Waals surface area contributed by atoms with E-state index in [9.17, 15) is 23.5 Å². The highest BCUT2D eigenvalue weighted by molar-refractivity contribution is 5.92. The number of nitrogens with one attached hydrogen (secondary N) is 2. The fourth-order valence-corrected chi connectivity index (χ4v) is 5.32. The van der Waals surface area contributed by atoms with Gasteiger partial charge in [-0.15, -0.1) is 0 Å². The van der Waals surface area contributed by atoms with Gasteiger partial charge in [-0.3, -0.25) is 9.59 Å². The maximum atomic E-state index is 13.9. The van der Waals surface area contributed by atoms with E-state index in [-0.39, 0.29) is 48.8 Å². The van der Waals surface area contributed by atoms with Gasteiger partial charge in [-0.2, -0.15) is 0 Å². The molecule has 0 unspecified atom stereocenters. The van der Waals surface area contributed by atoms with E-state index in [2.05, 4.69) is 10.6 Å². The Morgan fingerprint density at radius 2 is 1.89 bits per heavy atom. The molecule has 10 heteroatoms. The summed E-state index contributed by atoms with van der Waals surface area (Å²) in [6.07, 6.45) is 0.281.